The van der Waals surface area contributed by atoms with Gasteiger partial charge in [-0.2, -0.15) is 0 Å². The largest absolute Gasteiger partial charge is 0.360 e. The van der Waals surface area contributed by atoms with E-state index in [1.54, 1.807) is 0 Å². The molecule has 7 heteroatoms. The van der Waals surface area contributed by atoms with Gasteiger partial charge in [-0.15, -0.1) is 0 Å². The maximum Gasteiger partial charge on any atom is 0.253 e. The second-order valence-electron chi connectivity index (χ2n) is 12.6. The highest BCUT2D eigenvalue weighted by Crippen LogP contribution is 2.32. The number of carbonyl (C=O) groups is 1. The topological polar surface area (TPSA) is 57.2 Å². The molecule has 0 bridgehead atoms. The lowest BCUT2D eigenvalue weighted by molar-refractivity contribution is 0.0741. The summed E-state index contributed by atoms with van der Waals surface area (Å²) in [5.41, 5.74) is 4.29. The number of amides is 1. The molecular weight excluding hydrogens is 513 g/mol. The molecule has 1 amide bonds. The molecule has 5 rings (SSSR count). The number of rotatable bonds is 12. The summed E-state index contributed by atoms with van der Waals surface area (Å²) in [6.07, 6.45) is 8.80. The molecule has 0 radical (unpaired) electrons. The van der Waals surface area contributed by atoms with Gasteiger partial charge in [0, 0.05) is 47.9 Å². The summed E-state index contributed by atoms with van der Waals surface area (Å²) < 4.78 is 16.2. The third kappa shape index (κ3) is 7.00. The van der Waals surface area contributed by atoms with Gasteiger partial charge in [0.05, 0.1) is 11.0 Å². The number of benzene rings is 2. The van der Waals surface area contributed by atoms with Crippen molar-refractivity contribution in [2.75, 3.05) is 32.7 Å². The van der Waals surface area contributed by atoms with Crippen LogP contribution >= 0.6 is 0 Å². The van der Waals surface area contributed by atoms with Gasteiger partial charge in [0.1, 0.15) is 11.6 Å². The fourth-order valence-corrected chi connectivity index (χ4v) is 5.93. The molecule has 3 heterocycles. The third-order valence-electron chi connectivity index (χ3n) is 8.42. The number of aryl methyl sites for hydroxylation is 1. The average molecular weight is 560 g/mol. The Kier molecular flexibility index (Phi) is 9.43. The second-order valence-corrected chi connectivity index (χ2v) is 12.6. The highest BCUT2D eigenvalue weighted by Gasteiger charge is 2.21. The Balaban J connectivity index is 1.50. The van der Waals surface area contributed by atoms with Crippen molar-refractivity contribution in [1.82, 2.24) is 24.3 Å². The van der Waals surface area contributed by atoms with Gasteiger partial charge >= 0.3 is 0 Å². The van der Waals surface area contributed by atoms with Gasteiger partial charge in [-0.1, -0.05) is 34.1 Å². The lowest BCUT2D eigenvalue weighted by Gasteiger charge is -2.26. The number of H-pyrrole nitrogens is 1. The first-order chi connectivity index (χ1) is 19.8. The van der Waals surface area contributed by atoms with Crippen molar-refractivity contribution in [2.24, 2.45) is 11.8 Å². The third-order valence-corrected chi connectivity index (χ3v) is 8.42. The van der Waals surface area contributed by atoms with Crippen molar-refractivity contribution in [1.29, 1.82) is 0 Å². The number of aromatic amines is 1. The summed E-state index contributed by atoms with van der Waals surface area (Å²) in [6.45, 7) is 14.6. The van der Waals surface area contributed by atoms with E-state index >= 15 is 0 Å². The number of nitrogens with one attached hydrogen (secondary N) is 1. The van der Waals surface area contributed by atoms with Crippen LogP contribution in [-0.2, 0) is 6.54 Å². The van der Waals surface area contributed by atoms with Gasteiger partial charge < -0.3 is 19.4 Å². The molecule has 2 aromatic heterocycles. The van der Waals surface area contributed by atoms with E-state index in [4.69, 9.17) is 4.98 Å². The van der Waals surface area contributed by atoms with Crippen LogP contribution in [0.2, 0.25) is 0 Å². The zero-order valence-electron chi connectivity index (χ0n) is 25.3. The average Bonchev–Trinajstić information content (AvgIpc) is 3.53. The van der Waals surface area contributed by atoms with Crippen LogP contribution < -0.4 is 0 Å². The minimum Gasteiger partial charge on any atom is -0.360 e. The van der Waals surface area contributed by atoms with E-state index < -0.39 is 0 Å². The number of hydrogen-bond acceptors (Lipinski definition) is 3. The van der Waals surface area contributed by atoms with Gasteiger partial charge in [0.2, 0.25) is 0 Å². The van der Waals surface area contributed by atoms with E-state index in [0.29, 0.717) is 11.8 Å². The number of likely N-dealkylation sites (tertiary alicyclic amines) is 1. The molecule has 1 fully saturated rings. The van der Waals surface area contributed by atoms with Crippen LogP contribution in [0.1, 0.15) is 76.6 Å². The number of fused-ring (bicyclic) bond motifs is 2. The fraction of sp³-hybridized carbons (Fsp3) is 0.529. The summed E-state index contributed by atoms with van der Waals surface area (Å²) in [7, 11) is 0. The monoisotopic (exact) mass is 559 g/mol. The first-order valence-corrected chi connectivity index (χ1v) is 15.6. The molecule has 6 nitrogen and oxygen atoms in total. The zero-order valence-corrected chi connectivity index (χ0v) is 25.3. The van der Waals surface area contributed by atoms with Gasteiger partial charge in [-0.25, -0.2) is 9.37 Å². The van der Waals surface area contributed by atoms with Crippen LogP contribution in [0.5, 0.6) is 0 Å². The molecule has 220 valence electrons. The number of nitrogens with zero attached hydrogens (tertiary/aromatic N) is 4. The summed E-state index contributed by atoms with van der Waals surface area (Å²) in [5, 5.41) is 0.948. The molecule has 1 saturated heterocycles. The van der Waals surface area contributed by atoms with Crippen molar-refractivity contribution < 1.29 is 9.18 Å². The summed E-state index contributed by atoms with van der Waals surface area (Å²) in [5.74, 6) is 1.78. The Morgan fingerprint density at radius 2 is 1.71 bits per heavy atom. The van der Waals surface area contributed by atoms with Gasteiger partial charge in [0.25, 0.3) is 5.91 Å². The molecule has 1 aliphatic heterocycles. The summed E-state index contributed by atoms with van der Waals surface area (Å²) in [4.78, 5) is 26.7. The predicted octanol–water partition coefficient (Wildman–Crippen LogP) is 7.73. The molecule has 0 unspecified atom stereocenters. The maximum atomic E-state index is 13.9. The highest BCUT2D eigenvalue weighted by atomic mass is 19.1. The quantitative estimate of drug-likeness (QED) is 0.193. The fourth-order valence-electron chi connectivity index (χ4n) is 5.93. The molecular formula is C34H46FN5O. The van der Waals surface area contributed by atoms with Crippen LogP contribution in [0, 0.1) is 17.7 Å². The maximum absolute atomic E-state index is 13.9. The van der Waals surface area contributed by atoms with Gasteiger partial charge in [0.15, 0.2) is 0 Å². The summed E-state index contributed by atoms with van der Waals surface area (Å²) >= 11 is 0. The van der Waals surface area contributed by atoms with E-state index in [0.717, 1.165) is 84.3 Å². The summed E-state index contributed by atoms with van der Waals surface area (Å²) in [6, 6.07) is 10.8. The Labute approximate surface area is 243 Å². The van der Waals surface area contributed by atoms with Crippen LogP contribution in [0.3, 0.4) is 0 Å². The van der Waals surface area contributed by atoms with Gasteiger partial charge in [-0.3, -0.25) is 4.79 Å². The van der Waals surface area contributed by atoms with Crippen LogP contribution in [0.15, 0.2) is 42.6 Å². The number of imidazole rings is 1. The van der Waals surface area contributed by atoms with E-state index in [2.05, 4.69) is 42.1 Å². The Morgan fingerprint density at radius 1 is 0.976 bits per heavy atom. The van der Waals surface area contributed by atoms with Crippen LogP contribution in [0.25, 0.3) is 33.3 Å². The first-order valence-electron chi connectivity index (χ1n) is 15.6. The number of halogens is 1. The molecule has 0 spiro atoms. The smallest absolute Gasteiger partial charge is 0.253 e. The molecule has 41 heavy (non-hydrogen) atoms. The van der Waals surface area contributed by atoms with E-state index in [1.165, 1.54) is 44.5 Å². The van der Waals surface area contributed by atoms with Crippen LogP contribution in [0.4, 0.5) is 4.39 Å². The lowest BCUT2D eigenvalue weighted by Crippen LogP contribution is -2.34. The molecule has 0 saturated carbocycles. The molecule has 0 atom stereocenters. The van der Waals surface area contributed by atoms with E-state index in [1.807, 2.05) is 35.4 Å². The number of hydrogen-bond donors (Lipinski definition) is 1. The minimum atomic E-state index is -0.261. The zero-order chi connectivity index (χ0) is 28.9. The Bertz CT molecular complexity index is 1450. The van der Waals surface area contributed by atoms with Crippen molar-refractivity contribution in [3.05, 3.63) is 54.0 Å². The lowest BCUT2D eigenvalue weighted by atomic mass is 10.1. The SMILES string of the molecule is CC(C)CCN(CCC(C)C)C(=O)c1ccc2nc(-c3c[nH]c4cc(F)ccc34)n(CCCN3CCCCC3)c2c1. The highest BCUT2D eigenvalue weighted by molar-refractivity contribution is 5.99. The first kappa shape index (κ1) is 29.3. The molecule has 1 aliphatic rings. The van der Waals surface area contributed by atoms with Crippen molar-refractivity contribution >= 4 is 27.8 Å². The molecule has 2 aromatic carbocycles. The normalized spacial score (nSPS) is 14.6. The predicted molar refractivity (Wildman–Crippen MR) is 167 cm³/mol. The minimum absolute atomic E-state index is 0.0957. The number of carbonyl (C=O) groups excluding carboxylic acids is 1. The van der Waals surface area contributed by atoms with Crippen LogP contribution in [-0.4, -0.2) is 63.0 Å². The van der Waals surface area contributed by atoms with E-state index in [9.17, 15) is 9.18 Å². The Hall–Kier alpha value is -3.19. The number of aromatic nitrogens is 3. The van der Waals surface area contributed by atoms with Gasteiger partial charge in [-0.05, 0) is 100.0 Å². The van der Waals surface area contributed by atoms with Crippen molar-refractivity contribution in [3.63, 3.8) is 0 Å². The Morgan fingerprint density at radius 3 is 2.41 bits per heavy atom. The second kappa shape index (κ2) is 13.2. The van der Waals surface area contributed by atoms with E-state index in [-0.39, 0.29) is 11.7 Å². The molecule has 1 N–H and O–H groups in total. The molecule has 0 aliphatic carbocycles. The van der Waals surface area contributed by atoms with Crippen molar-refractivity contribution in [2.45, 2.75) is 72.8 Å². The molecule has 4 aromatic rings. The standard InChI is InChI=1S/C34H46FN5O/c1-24(2)13-19-39(20-14-25(3)4)34(41)26-9-12-30-32(21-26)40(18-8-17-38-15-6-5-7-16-38)33(37-30)29-23-36-31-22-27(35)10-11-28(29)31/h9-12,21-25,36H,5-8,13-20H2,1-4H3. The van der Waals surface area contributed by atoms with Crippen molar-refractivity contribution in [3.8, 4) is 11.4 Å². The number of piperidine rings is 1.